The van der Waals surface area contributed by atoms with Gasteiger partial charge in [0, 0.05) is 5.57 Å². The summed E-state index contributed by atoms with van der Waals surface area (Å²) in [5.74, 6) is -0.309. The summed E-state index contributed by atoms with van der Waals surface area (Å²) in [6.07, 6.45) is 1.84. The van der Waals surface area contributed by atoms with Crippen molar-refractivity contribution in [3.05, 3.63) is 12.2 Å². The molecule has 0 bridgehead atoms. The van der Waals surface area contributed by atoms with Crippen molar-refractivity contribution < 1.29 is 21.9 Å². The molecule has 0 aliphatic heterocycles. The van der Waals surface area contributed by atoms with Gasteiger partial charge >= 0.3 is 14.5 Å². The second kappa shape index (κ2) is 10.3. The van der Waals surface area contributed by atoms with Gasteiger partial charge in [-0.25, -0.2) is 4.79 Å². The first-order valence-corrected chi connectivity index (χ1v) is 20.5. The molecule has 0 radical (unpaired) electrons. The normalized spacial score (nSPS) is 14.3. The van der Waals surface area contributed by atoms with E-state index in [1.165, 1.54) is 0 Å². The second-order valence-corrected chi connectivity index (χ2v) is 23.4. The van der Waals surface area contributed by atoms with Gasteiger partial charge in [-0.3, -0.25) is 0 Å². The van der Waals surface area contributed by atoms with Gasteiger partial charge in [-0.15, -0.1) is 0 Å². The lowest BCUT2D eigenvalue weighted by atomic mass is 10.3. The number of hydrogen-bond donors (Lipinski definition) is 0. The quantitative estimate of drug-likeness (QED) is 0.200. The zero-order chi connectivity index (χ0) is 19.9. The lowest BCUT2D eigenvalue weighted by molar-refractivity contribution is -0.139. The van der Waals surface area contributed by atoms with E-state index < -0.39 is 34.5 Å². The van der Waals surface area contributed by atoms with E-state index in [4.69, 9.17) is 17.1 Å². The number of unbranched alkanes of at least 4 members (excludes halogenated alkanes) is 1. The fourth-order valence-corrected chi connectivity index (χ4v) is 17.9. The van der Waals surface area contributed by atoms with E-state index in [-0.39, 0.29) is 5.97 Å². The van der Waals surface area contributed by atoms with Crippen LogP contribution in [-0.4, -0.2) is 47.1 Å². The molecular weight excluding hydrogens is 385 g/mol. The highest BCUT2D eigenvalue weighted by Gasteiger charge is 2.36. The van der Waals surface area contributed by atoms with Gasteiger partial charge in [-0.05, 0) is 71.8 Å². The summed E-state index contributed by atoms with van der Waals surface area (Å²) in [4.78, 5) is 11.3. The van der Waals surface area contributed by atoms with Gasteiger partial charge in [0.1, 0.15) is 0 Å². The SMILES string of the molecule is C=C(C)C(=O)OCCCC[Si](C)(C)O[Si](C)(C)O[SiH](C)O[Si](C)(C)C. The highest BCUT2D eigenvalue weighted by molar-refractivity contribution is 6.85. The summed E-state index contributed by atoms with van der Waals surface area (Å²) in [5.41, 5.74) is 0.446. The zero-order valence-corrected chi connectivity index (χ0v) is 21.8. The zero-order valence-electron chi connectivity index (χ0n) is 17.7. The van der Waals surface area contributed by atoms with Crippen LogP contribution in [-0.2, 0) is 21.9 Å². The van der Waals surface area contributed by atoms with Crippen molar-refractivity contribution in [1.29, 1.82) is 0 Å². The Balaban J connectivity index is 4.26. The van der Waals surface area contributed by atoms with Crippen LogP contribution in [0.15, 0.2) is 12.2 Å². The summed E-state index contributed by atoms with van der Waals surface area (Å²) in [5, 5.41) is 0. The van der Waals surface area contributed by atoms with Crippen LogP contribution >= 0.6 is 0 Å². The number of rotatable bonds is 12. The molecule has 1 unspecified atom stereocenters. The Morgan fingerprint density at radius 3 is 2.04 bits per heavy atom. The Kier molecular flexibility index (Phi) is 10.3. The molecule has 148 valence electrons. The average molecular weight is 423 g/mol. The van der Waals surface area contributed by atoms with Gasteiger partial charge < -0.3 is 17.1 Å². The molecule has 1 atom stereocenters. The first kappa shape index (κ1) is 25.0. The monoisotopic (exact) mass is 422 g/mol. The lowest BCUT2D eigenvalue weighted by Gasteiger charge is -2.36. The molecule has 0 aromatic rings. The van der Waals surface area contributed by atoms with Crippen molar-refractivity contribution >= 4 is 40.4 Å². The van der Waals surface area contributed by atoms with E-state index in [2.05, 4.69) is 59.0 Å². The molecule has 0 saturated heterocycles. The van der Waals surface area contributed by atoms with E-state index in [0.29, 0.717) is 12.2 Å². The number of carbonyl (C=O) groups excluding carboxylic acids is 1. The van der Waals surface area contributed by atoms with Crippen LogP contribution in [0.1, 0.15) is 19.8 Å². The molecule has 25 heavy (non-hydrogen) atoms. The fraction of sp³-hybridized carbons (Fsp3) is 0.812. The van der Waals surface area contributed by atoms with Crippen molar-refractivity contribution in [2.24, 2.45) is 0 Å². The van der Waals surface area contributed by atoms with Crippen LogP contribution in [0.4, 0.5) is 0 Å². The van der Waals surface area contributed by atoms with Crippen LogP contribution in [0.2, 0.25) is 58.4 Å². The Hall–Kier alpha value is -0.0425. The number of hydrogen-bond acceptors (Lipinski definition) is 5. The van der Waals surface area contributed by atoms with Gasteiger partial charge in [0.05, 0.1) is 6.61 Å². The summed E-state index contributed by atoms with van der Waals surface area (Å²) in [6, 6.07) is 1.03. The highest BCUT2D eigenvalue weighted by atomic mass is 28.5. The first-order valence-electron chi connectivity index (χ1n) is 9.02. The van der Waals surface area contributed by atoms with Crippen LogP contribution in [0.25, 0.3) is 0 Å². The third-order valence-corrected chi connectivity index (χ3v) is 16.7. The second-order valence-electron chi connectivity index (χ2n) is 8.55. The standard InChI is InChI=1S/C16H38O5Si4/c1-15(2)16(17)18-13-11-12-14-24(7,8)21-25(9,10)20-22(3)19-23(4,5)6/h22H,1,11-14H2,2-10H3. The van der Waals surface area contributed by atoms with E-state index in [1.807, 2.05) is 0 Å². The van der Waals surface area contributed by atoms with Crippen molar-refractivity contribution in [3.8, 4) is 0 Å². The molecule has 0 rings (SSSR count). The maximum Gasteiger partial charge on any atom is 0.333 e. The van der Waals surface area contributed by atoms with Crippen LogP contribution in [0, 0.1) is 0 Å². The summed E-state index contributed by atoms with van der Waals surface area (Å²) < 4.78 is 24.0. The molecule has 5 nitrogen and oxygen atoms in total. The third-order valence-electron chi connectivity index (χ3n) is 3.25. The number of carbonyl (C=O) groups is 1. The minimum Gasteiger partial charge on any atom is -0.462 e. The molecular formula is C16H38O5Si4. The first-order chi connectivity index (χ1) is 11.1. The van der Waals surface area contributed by atoms with Crippen LogP contribution < -0.4 is 0 Å². The van der Waals surface area contributed by atoms with Gasteiger partial charge in [-0.2, -0.15) is 0 Å². The Bertz CT molecular complexity index is 446. The van der Waals surface area contributed by atoms with Gasteiger partial charge in [-0.1, -0.05) is 13.0 Å². The molecule has 9 heteroatoms. The third kappa shape index (κ3) is 13.8. The molecule has 0 saturated carbocycles. The van der Waals surface area contributed by atoms with E-state index >= 15 is 0 Å². The van der Waals surface area contributed by atoms with Crippen molar-refractivity contribution in [2.45, 2.75) is 78.2 Å². The van der Waals surface area contributed by atoms with E-state index in [0.717, 1.165) is 18.9 Å². The largest absolute Gasteiger partial charge is 0.462 e. The minimum atomic E-state index is -2.18. The van der Waals surface area contributed by atoms with Crippen molar-refractivity contribution in [3.63, 3.8) is 0 Å². The maximum absolute atomic E-state index is 11.3. The van der Waals surface area contributed by atoms with Gasteiger partial charge in [0.15, 0.2) is 16.6 Å². The molecule has 0 heterocycles. The van der Waals surface area contributed by atoms with Gasteiger partial charge in [0.25, 0.3) is 9.28 Å². The molecule has 0 aromatic carbocycles. The summed E-state index contributed by atoms with van der Waals surface area (Å²) in [6.45, 7) is 23.1. The minimum absolute atomic E-state index is 0.309. The van der Waals surface area contributed by atoms with E-state index in [1.54, 1.807) is 6.92 Å². The Morgan fingerprint density at radius 2 is 1.56 bits per heavy atom. The highest BCUT2D eigenvalue weighted by Crippen LogP contribution is 2.23. The molecule has 0 spiro atoms. The molecule has 0 aromatic heterocycles. The summed E-state index contributed by atoms with van der Waals surface area (Å²) in [7, 11) is -7.19. The van der Waals surface area contributed by atoms with Crippen molar-refractivity contribution in [2.75, 3.05) is 6.61 Å². The van der Waals surface area contributed by atoms with E-state index in [9.17, 15) is 4.79 Å². The molecule has 0 N–H and O–H groups in total. The fourth-order valence-electron chi connectivity index (χ4n) is 2.60. The number of esters is 1. The molecule has 0 aliphatic rings. The molecule has 0 fully saturated rings. The molecule has 0 aliphatic carbocycles. The maximum atomic E-state index is 11.3. The topological polar surface area (TPSA) is 54.0 Å². The molecule has 0 amide bonds. The van der Waals surface area contributed by atoms with Crippen LogP contribution in [0.3, 0.4) is 0 Å². The Morgan fingerprint density at radius 1 is 1.00 bits per heavy atom. The van der Waals surface area contributed by atoms with Crippen LogP contribution in [0.5, 0.6) is 0 Å². The van der Waals surface area contributed by atoms with Crippen molar-refractivity contribution in [1.82, 2.24) is 0 Å². The average Bonchev–Trinajstić information content (AvgIpc) is 2.32. The number of ether oxygens (including phenoxy) is 1. The smallest absolute Gasteiger partial charge is 0.333 e. The predicted molar refractivity (Wildman–Crippen MR) is 114 cm³/mol. The lowest BCUT2D eigenvalue weighted by Crippen LogP contribution is -2.50. The predicted octanol–water partition coefficient (Wildman–Crippen LogP) is 4.53. The Labute approximate surface area is 159 Å². The van der Waals surface area contributed by atoms with Gasteiger partial charge in [0.2, 0.25) is 0 Å². The summed E-state index contributed by atoms with van der Waals surface area (Å²) >= 11 is 0.